The molecule has 0 aliphatic carbocycles. The highest BCUT2D eigenvalue weighted by Crippen LogP contribution is 2.30. The maximum absolute atomic E-state index is 12.9. The molecule has 2 aromatic carbocycles. The number of aliphatic imine (C=N–C) groups is 1. The topological polar surface area (TPSA) is 107 Å². The molecule has 1 aliphatic heterocycles. The smallest absolute Gasteiger partial charge is 0.416 e. The normalized spacial score (nSPS) is 14.5. The molecule has 0 aromatic heterocycles. The number of nitrogens with one attached hydrogen (secondary N) is 1. The van der Waals surface area contributed by atoms with E-state index in [4.69, 9.17) is 26.4 Å². The van der Waals surface area contributed by atoms with Crippen LogP contribution in [0.2, 0.25) is 0 Å². The van der Waals surface area contributed by atoms with E-state index in [1.54, 1.807) is 30.4 Å². The molecule has 5 N–H and O–H groups in total. The third-order valence-electron chi connectivity index (χ3n) is 5.67. The Morgan fingerprint density at radius 1 is 1.13 bits per heavy atom. The highest BCUT2D eigenvalue weighted by Gasteiger charge is 2.30. The first kappa shape index (κ1) is 28.6. The third kappa shape index (κ3) is 9.14. The third-order valence-corrected chi connectivity index (χ3v) is 5.67. The van der Waals surface area contributed by atoms with E-state index in [9.17, 15) is 13.2 Å². The summed E-state index contributed by atoms with van der Waals surface area (Å²) in [6.45, 7) is 2.04. The fourth-order valence-corrected chi connectivity index (χ4v) is 3.72. The van der Waals surface area contributed by atoms with Crippen LogP contribution in [-0.2, 0) is 17.3 Å². The molecule has 0 saturated carbocycles. The first-order valence-electron chi connectivity index (χ1n) is 12.5. The number of hydrogen-bond donors (Lipinski definition) is 3. The summed E-state index contributed by atoms with van der Waals surface area (Å²) in [5.74, 6) is 1.79. The van der Waals surface area contributed by atoms with E-state index in [0.717, 1.165) is 30.5 Å². The zero-order valence-electron chi connectivity index (χ0n) is 21.4. The van der Waals surface area contributed by atoms with Gasteiger partial charge in [-0.15, -0.1) is 0 Å². The Morgan fingerprint density at radius 2 is 1.89 bits per heavy atom. The van der Waals surface area contributed by atoms with Gasteiger partial charge in [0.1, 0.15) is 17.3 Å². The number of ether oxygens (including phenoxy) is 2. The highest BCUT2D eigenvalue weighted by molar-refractivity contribution is 5.91. The van der Waals surface area contributed by atoms with Crippen molar-refractivity contribution in [3.8, 4) is 5.75 Å². The SMILES string of the molecule is CCC/C=C(\OC(=N)CCCc1cccc(C(F)(F)F)c1)c1ccc(OC2=NC(N)=CCCC(N)=C2)cc1. The molecule has 0 unspecified atom stereocenters. The van der Waals surface area contributed by atoms with Gasteiger partial charge in [0.2, 0.25) is 5.90 Å². The van der Waals surface area contributed by atoms with Crippen molar-refractivity contribution in [2.45, 2.75) is 58.0 Å². The standard InChI is InChI=1S/C29H33F3N4O2/c1-2-3-11-25(38-27(35)13-5-8-20-7-4-9-22(18-20)29(30,31)32)21-14-16-24(17-15-21)37-28-19-23(33)10-6-12-26(34)36-28/h4,7,9,11-12,14-19,35H,2-3,5-6,8,10,13,33-34H2,1H3/b23-19?,25-11-,26-12?,35-27?,36-28?. The number of aryl methyl sites for hydroxylation is 1. The predicted molar refractivity (Wildman–Crippen MR) is 144 cm³/mol. The quantitative estimate of drug-likeness (QED) is 0.184. The van der Waals surface area contributed by atoms with E-state index >= 15 is 0 Å². The predicted octanol–water partition coefficient (Wildman–Crippen LogP) is 7.08. The Kier molecular flexibility index (Phi) is 10.2. The van der Waals surface area contributed by atoms with Gasteiger partial charge >= 0.3 is 6.18 Å². The van der Waals surface area contributed by atoms with E-state index < -0.39 is 11.7 Å². The van der Waals surface area contributed by atoms with E-state index in [2.05, 4.69) is 4.99 Å². The average Bonchev–Trinajstić information content (AvgIpc) is 2.86. The Morgan fingerprint density at radius 3 is 2.61 bits per heavy atom. The molecule has 0 amide bonds. The van der Waals surface area contributed by atoms with Crippen LogP contribution in [0.1, 0.15) is 62.1 Å². The van der Waals surface area contributed by atoms with Crippen LogP contribution in [-0.4, -0.2) is 11.8 Å². The lowest BCUT2D eigenvalue weighted by atomic mass is 10.0. The highest BCUT2D eigenvalue weighted by atomic mass is 19.4. The van der Waals surface area contributed by atoms with Crippen molar-refractivity contribution >= 4 is 17.6 Å². The maximum Gasteiger partial charge on any atom is 0.416 e. The summed E-state index contributed by atoms with van der Waals surface area (Å²) in [6, 6.07) is 12.4. The van der Waals surface area contributed by atoms with Crippen LogP contribution in [0.3, 0.4) is 0 Å². The molecule has 1 heterocycles. The Balaban J connectivity index is 1.62. The maximum atomic E-state index is 12.9. The lowest BCUT2D eigenvalue weighted by Gasteiger charge is -2.13. The number of nitrogens with zero attached hydrogens (tertiary/aromatic N) is 1. The number of nitrogens with two attached hydrogens (primary N) is 2. The minimum Gasteiger partial charge on any atom is -0.443 e. The summed E-state index contributed by atoms with van der Waals surface area (Å²) < 4.78 is 50.5. The molecule has 6 nitrogen and oxygen atoms in total. The molecule has 0 spiro atoms. The van der Waals surface area contributed by atoms with Crippen LogP contribution >= 0.6 is 0 Å². The first-order chi connectivity index (χ1) is 18.1. The number of rotatable bonds is 9. The first-order valence-corrected chi connectivity index (χ1v) is 12.5. The molecule has 0 atom stereocenters. The van der Waals surface area contributed by atoms with Crippen molar-refractivity contribution in [3.63, 3.8) is 0 Å². The average molecular weight is 527 g/mol. The van der Waals surface area contributed by atoms with Gasteiger partial charge in [-0.2, -0.15) is 18.2 Å². The fraction of sp³-hybridized carbons (Fsp3) is 0.310. The van der Waals surface area contributed by atoms with Crippen molar-refractivity contribution in [1.29, 1.82) is 5.41 Å². The summed E-state index contributed by atoms with van der Waals surface area (Å²) in [6.07, 6.45) is 5.24. The summed E-state index contributed by atoms with van der Waals surface area (Å²) in [5.41, 5.74) is 13.2. The number of halogens is 3. The van der Waals surface area contributed by atoms with Gasteiger partial charge in [-0.25, -0.2) is 0 Å². The molecular formula is C29H33F3N4O2. The Hall–Kier alpha value is -4.01. The minimum atomic E-state index is -4.37. The van der Waals surface area contributed by atoms with Crippen LogP contribution in [0, 0.1) is 5.41 Å². The molecule has 0 fully saturated rings. The Bertz CT molecular complexity index is 1230. The second kappa shape index (κ2) is 13.5. The second-order valence-electron chi connectivity index (χ2n) is 8.90. The molecule has 1 aliphatic rings. The van der Waals surface area contributed by atoms with Gasteiger partial charge in [-0.05, 0) is 80.2 Å². The molecule has 0 radical (unpaired) electrons. The van der Waals surface area contributed by atoms with Crippen molar-refractivity contribution in [2.75, 3.05) is 0 Å². The molecule has 9 heteroatoms. The monoisotopic (exact) mass is 526 g/mol. The Labute approximate surface area is 221 Å². The zero-order chi connectivity index (χ0) is 27.5. The number of allylic oxidation sites excluding steroid dienone is 3. The molecular weight excluding hydrogens is 493 g/mol. The van der Waals surface area contributed by atoms with Crippen LogP contribution < -0.4 is 16.2 Å². The van der Waals surface area contributed by atoms with Crippen molar-refractivity contribution < 1.29 is 22.6 Å². The number of unbranched alkanes of at least 4 members (excludes halogenated alkanes) is 1. The van der Waals surface area contributed by atoms with Gasteiger partial charge in [0.05, 0.1) is 5.56 Å². The largest absolute Gasteiger partial charge is 0.443 e. The van der Waals surface area contributed by atoms with Crippen LogP contribution in [0.5, 0.6) is 5.75 Å². The summed E-state index contributed by atoms with van der Waals surface area (Å²) in [7, 11) is 0. The van der Waals surface area contributed by atoms with E-state index in [1.165, 1.54) is 6.07 Å². The van der Waals surface area contributed by atoms with E-state index in [0.29, 0.717) is 66.6 Å². The summed E-state index contributed by atoms with van der Waals surface area (Å²) in [5, 5.41) is 8.28. The molecule has 202 valence electrons. The molecule has 0 saturated heterocycles. The van der Waals surface area contributed by atoms with Crippen LogP contribution in [0.15, 0.2) is 83.3 Å². The minimum absolute atomic E-state index is 0.0476. The van der Waals surface area contributed by atoms with Crippen LogP contribution in [0.25, 0.3) is 5.76 Å². The molecule has 2 aromatic rings. The summed E-state index contributed by atoms with van der Waals surface area (Å²) in [4.78, 5) is 4.24. The fourth-order valence-electron chi connectivity index (χ4n) is 3.72. The number of benzene rings is 2. The van der Waals surface area contributed by atoms with Gasteiger partial charge in [-0.3, -0.25) is 5.41 Å². The number of alkyl halides is 3. The van der Waals surface area contributed by atoms with Gasteiger partial charge in [-0.1, -0.05) is 31.5 Å². The van der Waals surface area contributed by atoms with Gasteiger partial charge in [0, 0.05) is 23.8 Å². The summed E-state index contributed by atoms with van der Waals surface area (Å²) >= 11 is 0. The van der Waals surface area contributed by atoms with Gasteiger partial charge in [0.15, 0.2) is 5.90 Å². The lowest BCUT2D eigenvalue weighted by Crippen LogP contribution is -2.13. The van der Waals surface area contributed by atoms with Crippen molar-refractivity contribution in [3.05, 3.63) is 95.0 Å². The van der Waals surface area contributed by atoms with Gasteiger partial charge < -0.3 is 20.9 Å². The van der Waals surface area contributed by atoms with Crippen molar-refractivity contribution in [1.82, 2.24) is 0 Å². The lowest BCUT2D eigenvalue weighted by molar-refractivity contribution is -0.137. The molecule has 38 heavy (non-hydrogen) atoms. The molecule has 0 bridgehead atoms. The van der Waals surface area contributed by atoms with Gasteiger partial charge in [0.25, 0.3) is 0 Å². The zero-order valence-corrected chi connectivity index (χ0v) is 21.4. The van der Waals surface area contributed by atoms with Crippen molar-refractivity contribution in [2.24, 2.45) is 16.5 Å². The van der Waals surface area contributed by atoms with Crippen LogP contribution in [0.4, 0.5) is 13.2 Å². The van der Waals surface area contributed by atoms with E-state index in [1.807, 2.05) is 25.1 Å². The van der Waals surface area contributed by atoms with E-state index in [-0.39, 0.29) is 5.90 Å². The molecule has 3 rings (SSSR count). The number of hydrogen-bond acceptors (Lipinski definition) is 6. The second-order valence-corrected chi connectivity index (χ2v) is 8.90.